The summed E-state index contributed by atoms with van der Waals surface area (Å²) >= 11 is 0. The van der Waals surface area contributed by atoms with Crippen molar-refractivity contribution in [1.82, 2.24) is 20.1 Å². The van der Waals surface area contributed by atoms with Crippen LogP contribution in [0, 0.1) is 0 Å². The topological polar surface area (TPSA) is 57.7 Å². The molecule has 2 aliphatic rings. The summed E-state index contributed by atoms with van der Waals surface area (Å²) in [4.78, 5) is 20.6. The molecular formula is C19H30N4O2. The number of nitrogens with one attached hydrogen (secondary N) is 1. The maximum atomic E-state index is 12.1. The lowest BCUT2D eigenvalue weighted by atomic mass is 9.87. The van der Waals surface area contributed by atoms with Crippen LogP contribution >= 0.6 is 0 Å². The van der Waals surface area contributed by atoms with E-state index in [1.807, 2.05) is 31.0 Å². The van der Waals surface area contributed by atoms with Crippen LogP contribution in [-0.2, 0) is 11.3 Å². The Labute approximate surface area is 150 Å². The van der Waals surface area contributed by atoms with Crippen molar-refractivity contribution in [3.63, 3.8) is 0 Å². The second-order valence-electron chi connectivity index (χ2n) is 7.72. The molecule has 1 N–H and O–H groups in total. The standard InChI is InChI=1S/C19H30N4O2/c1-15(2)21-18(24)23-9-6-19(7-10-23)11-17(14-25-19)22(3)13-16-5-4-8-20-12-16/h4-5,8,12,15,17H,6-7,9-11,13-14H2,1-3H3,(H,21,24). The SMILES string of the molecule is CC(C)NC(=O)N1CCC2(CC1)CC(N(C)Cc1cccnc1)CO2. The zero-order valence-electron chi connectivity index (χ0n) is 15.6. The van der Waals surface area contributed by atoms with Crippen LogP contribution in [0.15, 0.2) is 24.5 Å². The average Bonchev–Trinajstić information content (AvgIpc) is 3.00. The third-order valence-electron chi connectivity index (χ3n) is 5.34. The van der Waals surface area contributed by atoms with E-state index in [9.17, 15) is 4.79 Å². The summed E-state index contributed by atoms with van der Waals surface area (Å²) in [7, 11) is 2.16. The molecule has 0 saturated carbocycles. The highest BCUT2D eigenvalue weighted by molar-refractivity contribution is 5.74. The van der Waals surface area contributed by atoms with Crippen LogP contribution in [0.3, 0.4) is 0 Å². The number of carbonyl (C=O) groups excluding carboxylic acids is 1. The lowest BCUT2D eigenvalue weighted by Gasteiger charge is -2.39. The molecule has 0 radical (unpaired) electrons. The van der Waals surface area contributed by atoms with Gasteiger partial charge in [-0.2, -0.15) is 0 Å². The Morgan fingerprint density at radius 2 is 2.24 bits per heavy atom. The number of rotatable bonds is 4. The molecule has 0 bridgehead atoms. The fourth-order valence-electron chi connectivity index (χ4n) is 3.82. The van der Waals surface area contributed by atoms with Gasteiger partial charge in [0.1, 0.15) is 0 Å². The Hall–Kier alpha value is -1.66. The minimum Gasteiger partial charge on any atom is -0.373 e. The first-order valence-electron chi connectivity index (χ1n) is 9.26. The molecular weight excluding hydrogens is 316 g/mol. The quantitative estimate of drug-likeness (QED) is 0.908. The first-order valence-corrected chi connectivity index (χ1v) is 9.26. The maximum absolute atomic E-state index is 12.1. The van der Waals surface area contributed by atoms with Gasteiger partial charge < -0.3 is 15.0 Å². The molecule has 25 heavy (non-hydrogen) atoms. The molecule has 0 aliphatic carbocycles. The number of aromatic nitrogens is 1. The third-order valence-corrected chi connectivity index (χ3v) is 5.34. The number of pyridine rings is 1. The van der Waals surface area contributed by atoms with Gasteiger partial charge in [0, 0.05) is 44.1 Å². The molecule has 1 unspecified atom stereocenters. The molecule has 3 rings (SSSR count). The molecule has 1 spiro atoms. The number of ether oxygens (including phenoxy) is 1. The summed E-state index contributed by atoms with van der Waals surface area (Å²) in [5, 5.41) is 2.98. The highest BCUT2D eigenvalue weighted by Crippen LogP contribution is 2.37. The second-order valence-corrected chi connectivity index (χ2v) is 7.72. The molecule has 0 aromatic carbocycles. The molecule has 2 saturated heterocycles. The molecule has 6 nitrogen and oxygen atoms in total. The normalized spacial score (nSPS) is 22.8. The van der Waals surface area contributed by atoms with E-state index in [0.29, 0.717) is 6.04 Å². The summed E-state index contributed by atoms with van der Waals surface area (Å²) in [5.41, 5.74) is 1.17. The van der Waals surface area contributed by atoms with Crippen LogP contribution in [0.2, 0.25) is 0 Å². The van der Waals surface area contributed by atoms with Gasteiger partial charge in [-0.05, 0) is 51.8 Å². The van der Waals surface area contributed by atoms with Gasteiger partial charge in [-0.25, -0.2) is 4.79 Å². The predicted octanol–water partition coefficient (Wildman–Crippen LogP) is 2.25. The summed E-state index contributed by atoms with van der Waals surface area (Å²) < 4.78 is 6.25. The van der Waals surface area contributed by atoms with Crippen molar-refractivity contribution in [2.24, 2.45) is 0 Å². The molecule has 1 atom stereocenters. The van der Waals surface area contributed by atoms with Gasteiger partial charge in [-0.3, -0.25) is 9.88 Å². The van der Waals surface area contributed by atoms with Gasteiger partial charge >= 0.3 is 6.03 Å². The lowest BCUT2D eigenvalue weighted by molar-refractivity contribution is -0.0368. The van der Waals surface area contributed by atoms with Crippen LogP contribution < -0.4 is 5.32 Å². The van der Waals surface area contributed by atoms with Crippen molar-refractivity contribution in [3.05, 3.63) is 30.1 Å². The zero-order chi connectivity index (χ0) is 17.9. The van der Waals surface area contributed by atoms with E-state index in [1.165, 1.54) is 5.56 Å². The van der Waals surface area contributed by atoms with Crippen LogP contribution in [0.5, 0.6) is 0 Å². The zero-order valence-corrected chi connectivity index (χ0v) is 15.6. The number of carbonyl (C=O) groups is 1. The molecule has 1 aromatic rings. The molecule has 1 aromatic heterocycles. The number of nitrogens with zero attached hydrogens (tertiary/aromatic N) is 3. The van der Waals surface area contributed by atoms with Crippen molar-refractivity contribution >= 4 is 6.03 Å². The molecule has 2 aliphatic heterocycles. The van der Waals surface area contributed by atoms with E-state index in [0.717, 1.165) is 45.5 Å². The van der Waals surface area contributed by atoms with Crippen LogP contribution in [0.25, 0.3) is 0 Å². The monoisotopic (exact) mass is 346 g/mol. The number of urea groups is 1. The van der Waals surface area contributed by atoms with Gasteiger partial charge in [0.2, 0.25) is 0 Å². The van der Waals surface area contributed by atoms with E-state index in [2.05, 4.69) is 28.3 Å². The Balaban J connectivity index is 1.50. The summed E-state index contributed by atoms with van der Waals surface area (Å²) in [5.74, 6) is 0. The highest BCUT2D eigenvalue weighted by Gasteiger charge is 2.44. The fourth-order valence-corrected chi connectivity index (χ4v) is 3.82. The lowest BCUT2D eigenvalue weighted by Crippen LogP contribution is -2.51. The Morgan fingerprint density at radius 3 is 2.88 bits per heavy atom. The molecule has 3 heterocycles. The second kappa shape index (κ2) is 7.70. The Kier molecular flexibility index (Phi) is 5.59. The summed E-state index contributed by atoms with van der Waals surface area (Å²) in [6, 6.07) is 4.75. The largest absolute Gasteiger partial charge is 0.373 e. The Bertz CT molecular complexity index is 570. The van der Waals surface area contributed by atoms with E-state index < -0.39 is 0 Å². The number of amides is 2. The third kappa shape index (κ3) is 4.50. The van der Waals surface area contributed by atoms with Gasteiger partial charge in [0.15, 0.2) is 0 Å². The predicted molar refractivity (Wildman–Crippen MR) is 97.3 cm³/mol. The number of likely N-dealkylation sites (N-methyl/N-ethyl adjacent to an activating group) is 1. The number of hydrogen-bond donors (Lipinski definition) is 1. The van der Waals surface area contributed by atoms with Gasteiger partial charge in [-0.1, -0.05) is 6.07 Å². The first-order chi connectivity index (χ1) is 12.0. The van der Waals surface area contributed by atoms with Crippen LogP contribution in [-0.4, -0.2) is 65.2 Å². The summed E-state index contributed by atoms with van der Waals surface area (Å²) in [6.07, 6.45) is 6.63. The van der Waals surface area contributed by atoms with Crippen molar-refractivity contribution in [2.75, 3.05) is 26.7 Å². The summed E-state index contributed by atoms with van der Waals surface area (Å²) in [6.45, 7) is 7.20. The van der Waals surface area contributed by atoms with E-state index >= 15 is 0 Å². The fraction of sp³-hybridized carbons (Fsp3) is 0.684. The van der Waals surface area contributed by atoms with Crippen molar-refractivity contribution in [2.45, 2.75) is 57.3 Å². The number of piperidine rings is 1. The average molecular weight is 346 g/mol. The van der Waals surface area contributed by atoms with Crippen LogP contribution in [0.1, 0.15) is 38.7 Å². The smallest absolute Gasteiger partial charge is 0.317 e. The Morgan fingerprint density at radius 1 is 1.48 bits per heavy atom. The van der Waals surface area contributed by atoms with Crippen LogP contribution in [0.4, 0.5) is 4.79 Å². The highest BCUT2D eigenvalue weighted by atomic mass is 16.5. The van der Waals surface area contributed by atoms with Crippen molar-refractivity contribution in [3.8, 4) is 0 Å². The van der Waals surface area contributed by atoms with Crippen molar-refractivity contribution < 1.29 is 9.53 Å². The molecule has 2 fully saturated rings. The van der Waals surface area contributed by atoms with E-state index in [1.54, 1.807) is 6.20 Å². The van der Waals surface area contributed by atoms with Crippen molar-refractivity contribution in [1.29, 1.82) is 0 Å². The molecule has 6 heteroatoms. The van der Waals surface area contributed by atoms with Gasteiger partial charge in [0.05, 0.1) is 12.2 Å². The van der Waals surface area contributed by atoms with Gasteiger partial charge in [-0.15, -0.1) is 0 Å². The molecule has 138 valence electrons. The first kappa shape index (κ1) is 18.1. The maximum Gasteiger partial charge on any atom is 0.317 e. The minimum absolute atomic E-state index is 0.0492. The van der Waals surface area contributed by atoms with E-state index in [4.69, 9.17) is 4.74 Å². The minimum atomic E-state index is -0.0531. The van der Waals surface area contributed by atoms with Gasteiger partial charge in [0.25, 0.3) is 0 Å². The number of hydrogen-bond acceptors (Lipinski definition) is 4. The molecule has 2 amide bonds. The van der Waals surface area contributed by atoms with E-state index in [-0.39, 0.29) is 17.7 Å². The number of likely N-dealkylation sites (tertiary alicyclic amines) is 1.